The number of benzene rings is 1. The van der Waals surface area contributed by atoms with Gasteiger partial charge in [0.25, 0.3) is 0 Å². The van der Waals surface area contributed by atoms with E-state index >= 15 is 0 Å². The lowest BCUT2D eigenvalue weighted by Crippen LogP contribution is -2.35. The lowest BCUT2D eigenvalue weighted by Gasteiger charge is -2.18. The third-order valence-electron chi connectivity index (χ3n) is 4.00. The van der Waals surface area contributed by atoms with Crippen LogP contribution in [0, 0.1) is 0 Å². The molecule has 2 aliphatic heterocycles. The third kappa shape index (κ3) is 3.08. The van der Waals surface area contributed by atoms with Crippen molar-refractivity contribution in [3.63, 3.8) is 0 Å². The van der Waals surface area contributed by atoms with Crippen molar-refractivity contribution in [2.24, 2.45) is 0 Å². The summed E-state index contributed by atoms with van der Waals surface area (Å²) < 4.78 is 11.1. The maximum atomic E-state index is 12.1. The van der Waals surface area contributed by atoms with E-state index in [4.69, 9.17) is 9.47 Å². The maximum absolute atomic E-state index is 12.1. The Morgan fingerprint density at radius 1 is 1.33 bits per heavy atom. The number of hydrogen-bond acceptors (Lipinski definition) is 7. The zero-order valence-corrected chi connectivity index (χ0v) is 13.6. The summed E-state index contributed by atoms with van der Waals surface area (Å²) in [6, 6.07) is 5.31. The van der Waals surface area contributed by atoms with E-state index in [1.165, 1.54) is 11.3 Å². The Morgan fingerprint density at radius 3 is 2.96 bits per heavy atom. The molecule has 1 aromatic carbocycles. The van der Waals surface area contributed by atoms with E-state index < -0.39 is 6.10 Å². The molecule has 3 N–H and O–H groups in total. The third-order valence-corrected chi connectivity index (χ3v) is 4.75. The average molecular weight is 347 g/mol. The van der Waals surface area contributed by atoms with Crippen molar-refractivity contribution in [3.05, 3.63) is 23.6 Å². The lowest BCUT2D eigenvalue weighted by molar-refractivity contribution is -0.117. The Labute approximate surface area is 142 Å². The van der Waals surface area contributed by atoms with Crippen molar-refractivity contribution in [2.45, 2.75) is 18.6 Å². The van der Waals surface area contributed by atoms with Crippen LogP contribution >= 0.6 is 11.3 Å². The first-order valence-corrected chi connectivity index (χ1v) is 8.65. The first-order chi connectivity index (χ1) is 11.7. The maximum Gasteiger partial charge on any atom is 0.243 e. The van der Waals surface area contributed by atoms with Crippen LogP contribution in [-0.2, 0) is 4.79 Å². The SMILES string of the molecule is O=C(Nc1nc(-c2ccc3c(c2)OCCO3)cs1)[C@H]1C[C@H](O)CN1. The Kier molecular flexibility index (Phi) is 4.09. The molecule has 24 heavy (non-hydrogen) atoms. The van der Waals surface area contributed by atoms with E-state index in [0.717, 1.165) is 17.0 Å². The molecule has 2 aliphatic rings. The van der Waals surface area contributed by atoms with Gasteiger partial charge in [-0.2, -0.15) is 0 Å². The van der Waals surface area contributed by atoms with Gasteiger partial charge in [0.2, 0.25) is 5.91 Å². The molecule has 0 unspecified atom stereocenters. The number of amides is 1. The summed E-state index contributed by atoms with van der Waals surface area (Å²) in [7, 11) is 0. The van der Waals surface area contributed by atoms with Gasteiger partial charge in [-0.3, -0.25) is 4.79 Å². The second-order valence-corrected chi connectivity index (χ2v) is 6.59. The highest BCUT2D eigenvalue weighted by atomic mass is 32.1. The smallest absolute Gasteiger partial charge is 0.243 e. The molecular weight excluding hydrogens is 330 g/mol. The van der Waals surface area contributed by atoms with Gasteiger partial charge in [0.15, 0.2) is 16.6 Å². The second-order valence-electron chi connectivity index (χ2n) is 5.74. The van der Waals surface area contributed by atoms with Gasteiger partial charge in [-0.15, -0.1) is 11.3 Å². The van der Waals surface area contributed by atoms with Gasteiger partial charge in [-0.05, 0) is 24.6 Å². The first kappa shape index (κ1) is 15.4. The van der Waals surface area contributed by atoms with Crippen molar-refractivity contribution in [3.8, 4) is 22.8 Å². The van der Waals surface area contributed by atoms with Gasteiger partial charge < -0.3 is 25.2 Å². The molecule has 8 heteroatoms. The van der Waals surface area contributed by atoms with E-state index in [1.807, 2.05) is 23.6 Å². The molecule has 1 saturated heterocycles. The Morgan fingerprint density at radius 2 is 2.17 bits per heavy atom. The number of fused-ring (bicyclic) bond motifs is 1. The summed E-state index contributed by atoms with van der Waals surface area (Å²) in [5.41, 5.74) is 1.68. The zero-order chi connectivity index (χ0) is 16.5. The second kappa shape index (κ2) is 6.39. The molecule has 2 aromatic rings. The highest BCUT2D eigenvalue weighted by molar-refractivity contribution is 7.14. The molecule has 1 amide bonds. The number of ether oxygens (including phenoxy) is 2. The normalized spacial score (nSPS) is 22.4. The first-order valence-electron chi connectivity index (χ1n) is 7.77. The van der Waals surface area contributed by atoms with Crippen LogP contribution in [0.1, 0.15) is 6.42 Å². The summed E-state index contributed by atoms with van der Waals surface area (Å²) in [6.07, 6.45) is -0.0445. The number of nitrogens with one attached hydrogen (secondary N) is 2. The summed E-state index contributed by atoms with van der Waals surface area (Å²) in [4.78, 5) is 16.6. The van der Waals surface area contributed by atoms with E-state index in [1.54, 1.807) is 0 Å². The van der Waals surface area contributed by atoms with Gasteiger partial charge in [0, 0.05) is 17.5 Å². The van der Waals surface area contributed by atoms with Crippen LogP contribution in [0.15, 0.2) is 23.6 Å². The number of carbonyl (C=O) groups is 1. The predicted octanol–water partition coefficient (Wildman–Crippen LogP) is 1.24. The van der Waals surface area contributed by atoms with Crippen LogP contribution in [0.2, 0.25) is 0 Å². The van der Waals surface area contributed by atoms with E-state index in [9.17, 15) is 9.90 Å². The average Bonchev–Trinajstić information content (AvgIpc) is 3.23. The topological polar surface area (TPSA) is 92.7 Å². The minimum absolute atomic E-state index is 0.172. The predicted molar refractivity (Wildman–Crippen MR) is 89.6 cm³/mol. The molecule has 1 aromatic heterocycles. The zero-order valence-electron chi connectivity index (χ0n) is 12.8. The van der Waals surface area contributed by atoms with Gasteiger partial charge in [0.1, 0.15) is 13.2 Å². The number of rotatable bonds is 3. The van der Waals surface area contributed by atoms with E-state index in [0.29, 0.717) is 37.1 Å². The summed E-state index contributed by atoms with van der Waals surface area (Å²) in [6.45, 7) is 1.54. The number of nitrogens with zero attached hydrogens (tertiary/aromatic N) is 1. The number of aliphatic hydroxyl groups is 1. The lowest BCUT2D eigenvalue weighted by atomic mass is 10.1. The number of aromatic nitrogens is 1. The van der Waals surface area contributed by atoms with Crippen LogP contribution in [0.5, 0.6) is 11.5 Å². The van der Waals surface area contributed by atoms with Crippen molar-refractivity contribution in [1.29, 1.82) is 0 Å². The number of anilines is 1. The molecular formula is C16H17N3O4S. The number of β-amino-alcohol motifs (C(OH)–C–C–N with tert-alkyl or cyclic N) is 1. The molecule has 0 saturated carbocycles. The van der Waals surface area contributed by atoms with Crippen LogP contribution in [0.3, 0.4) is 0 Å². The number of carbonyl (C=O) groups excluding carboxylic acids is 1. The molecule has 2 atom stereocenters. The quantitative estimate of drug-likeness (QED) is 0.774. The van der Waals surface area contributed by atoms with E-state index in [2.05, 4.69) is 15.6 Å². The van der Waals surface area contributed by atoms with E-state index in [-0.39, 0.29) is 11.9 Å². The molecule has 1 fully saturated rings. The monoisotopic (exact) mass is 347 g/mol. The number of hydrogen-bond donors (Lipinski definition) is 3. The van der Waals surface area contributed by atoms with Gasteiger partial charge in [-0.1, -0.05) is 0 Å². The Balaban J connectivity index is 1.47. The minimum atomic E-state index is -0.467. The molecule has 0 aliphatic carbocycles. The Bertz CT molecular complexity index is 764. The van der Waals surface area contributed by atoms with Gasteiger partial charge in [-0.25, -0.2) is 4.98 Å². The van der Waals surface area contributed by atoms with Crippen LogP contribution in [0.25, 0.3) is 11.3 Å². The summed E-state index contributed by atoms with van der Waals surface area (Å²) in [5.74, 6) is 1.27. The molecule has 126 valence electrons. The van der Waals surface area contributed by atoms with Crippen molar-refractivity contribution in [1.82, 2.24) is 10.3 Å². The van der Waals surface area contributed by atoms with Gasteiger partial charge in [0.05, 0.1) is 17.8 Å². The highest BCUT2D eigenvalue weighted by Gasteiger charge is 2.28. The summed E-state index contributed by atoms with van der Waals surface area (Å²) in [5, 5.41) is 17.7. The molecule has 4 rings (SSSR count). The number of thiazole rings is 1. The van der Waals surface area contributed by atoms with Gasteiger partial charge >= 0.3 is 0 Å². The van der Waals surface area contributed by atoms with Crippen LogP contribution < -0.4 is 20.1 Å². The van der Waals surface area contributed by atoms with Crippen LogP contribution in [-0.4, -0.2) is 47.9 Å². The standard InChI is InChI=1S/C16H17N3O4S/c20-10-6-11(17-7-10)15(21)19-16-18-12(8-24-16)9-1-2-13-14(5-9)23-4-3-22-13/h1-2,5,8,10-11,17,20H,3-4,6-7H2,(H,18,19,21)/t10-,11+/m0/s1. The molecule has 0 radical (unpaired) electrons. The largest absolute Gasteiger partial charge is 0.486 e. The fourth-order valence-electron chi connectivity index (χ4n) is 2.78. The molecule has 7 nitrogen and oxygen atoms in total. The fraction of sp³-hybridized carbons (Fsp3) is 0.375. The summed E-state index contributed by atoms with van der Waals surface area (Å²) >= 11 is 1.36. The molecule has 0 bridgehead atoms. The fourth-order valence-corrected chi connectivity index (χ4v) is 3.50. The molecule has 3 heterocycles. The van der Waals surface area contributed by atoms with Crippen LogP contribution in [0.4, 0.5) is 5.13 Å². The Hall–Kier alpha value is -2.16. The molecule has 0 spiro atoms. The van der Waals surface area contributed by atoms with Crippen molar-refractivity contribution in [2.75, 3.05) is 25.1 Å². The minimum Gasteiger partial charge on any atom is -0.486 e. The van der Waals surface area contributed by atoms with Crippen molar-refractivity contribution < 1.29 is 19.4 Å². The number of aliphatic hydroxyl groups excluding tert-OH is 1. The highest BCUT2D eigenvalue weighted by Crippen LogP contribution is 2.35. The van der Waals surface area contributed by atoms with Crippen molar-refractivity contribution >= 4 is 22.4 Å².